The van der Waals surface area contributed by atoms with E-state index in [0.29, 0.717) is 0 Å². The molecule has 92 valence electrons. The van der Waals surface area contributed by atoms with Gasteiger partial charge in [-0.15, -0.1) is 0 Å². The highest BCUT2D eigenvalue weighted by Crippen LogP contribution is 2.14. The number of benzene rings is 3. The average Bonchev–Trinajstić information content (AvgIpc) is 2.48. The summed E-state index contributed by atoms with van der Waals surface area (Å²) in [5.41, 5.74) is 2.38. The summed E-state index contributed by atoms with van der Waals surface area (Å²) in [7, 11) is 0. The van der Waals surface area contributed by atoms with E-state index in [4.69, 9.17) is 0 Å². The average molecular weight is 245 g/mol. The Kier molecular flexibility index (Phi) is 3.37. The van der Waals surface area contributed by atoms with Crippen molar-refractivity contribution in [1.82, 2.24) is 0 Å². The zero-order valence-electron chi connectivity index (χ0n) is 10.7. The van der Waals surface area contributed by atoms with E-state index in [-0.39, 0.29) is 0 Å². The van der Waals surface area contributed by atoms with Crippen LogP contribution in [0.2, 0.25) is 0 Å². The van der Waals surface area contributed by atoms with Crippen molar-refractivity contribution in [2.45, 2.75) is 6.54 Å². The van der Waals surface area contributed by atoms with E-state index in [9.17, 15) is 0 Å². The van der Waals surface area contributed by atoms with Gasteiger partial charge in [0, 0.05) is 6.21 Å². The molecule has 19 heavy (non-hydrogen) atoms. The predicted octanol–water partition coefficient (Wildman–Crippen LogP) is 4.46. The van der Waals surface area contributed by atoms with Gasteiger partial charge in [-0.1, -0.05) is 66.7 Å². The molecule has 0 fully saturated rings. The first-order valence-electron chi connectivity index (χ1n) is 6.44. The molecule has 0 amide bonds. The van der Waals surface area contributed by atoms with Crippen molar-refractivity contribution in [3.05, 3.63) is 83.9 Å². The van der Waals surface area contributed by atoms with Gasteiger partial charge in [0.05, 0.1) is 6.54 Å². The van der Waals surface area contributed by atoms with Gasteiger partial charge in [0.2, 0.25) is 0 Å². The van der Waals surface area contributed by atoms with Crippen LogP contribution in [0.3, 0.4) is 0 Å². The van der Waals surface area contributed by atoms with Crippen LogP contribution in [0.1, 0.15) is 11.1 Å². The molecular formula is C18H15N. The quantitative estimate of drug-likeness (QED) is 0.604. The Hall–Kier alpha value is -2.41. The summed E-state index contributed by atoms with van der Waals surface area (Å²) in [6.07, 6.45) is 1.94. The molecule has 0 aromatic heterocycles. The maximum absolute atomic E-state index is 4.49. The Balaban J connectivity index is 1.78. The molecule has 0 aliphatic heterocycles. The molecule has 0 aliphatic carbocycles. The Morgan fingerprint density at radius 3 is 2.32 bits per heavy atom. The van der Waals surface area contributed by atoms with Gasteiger partial charge in [0.15, 0.2) is 0 Å². The smallest absolute Gasteiger partial charge is 0.0639 e. The number of rotatable bonds is 3. The summed E-state index contributed by atoms with van der Waals surface area (Å²) in [5, 5.41) is 2.52. The molecule has 0 saturated carbocycles. The van der Waals surface area contributed by atoms with E-state index in [2.05, 4.69) is 59.6 Å². The van der Waals surface area contributed by atoms with Gasteiger partial charge in [0.25, 0.3) is 0 Å². The minimum Gasteiger partial charge on any atom is -0.288 e. The highest BCUT2D eigenvalue weighted by atomic mass is 14.7. The van der Waals surface area contributed by atoms with Crippen molar-refractivity contribution in [1.29, 1.82) is 0 Å². The second-order valence-electron chi connectivity index (χ2n) is 4.56. The lowest BCUT2D eigenvalue weighted by Crippen LogP contribution is -1.84. The molecule has 3 rings (SSSR count). The predicted molar refractivity (Wildman–Crippen MR) is 81.7 cm³/mol. The van der Waals surface area contributed by atoms with Crippen molar-refractivity contribution in [2.75, 3.05) is 0 Å². The fourth-order valence-electron chi connectivity index (χ4n) is 2.13. The molecule has 0 heterocycles. The molecular weight excluding hydrogens is 230 g/mol. The molecule has 0 bridgehead atoms. The zero-order valence-corrected chi connectivity index (χ0v) is 10.7. The van der Waals surface area contributed by atoms with Crippen molar-refractivity contribution < 1.29 is 0 Å². The van der Waals surface area contributed by atoms with Crippen molar-refractivity contribution in [3.63, 3.8) is 0 Å². The summed E-state index contributed by atoms with van der Waals surface area (Å²) in [4.78, 5) is 4.49. The molecule has 3 aromatic carbocycles. The summed E-state index contributed by atoms with van der Waals surface area (Å²) in [6.45, 7) is 0.730. The van der Waals surface area contributed by atoms with Crippen LogP contribution >= 0.6 is 0 Å². The van der Waals surface area contributed by atoms with E-state index in [0.717, 1.165) is 12.1 Å². The van der Waals surface area contributed by atoms with Crippen LogP contribution in [0.15, 0.2) is 77.8 Å². The van der Waals surface area contributed by atoms with Crippen LogP contribution in [0.4, 0.5) is 0 Å². The molecule has 0 saturated heterocycles. The monoisotopic (exact) mass is 245 g/mol. The Morgan fingerprint density at radius 1 is 0.737 bits per heavy atom. The van der Waals surface area contributed by atoms with Crippen molar-refractivity contribution in [3.8, 4) is 0 Å². The van der Waals surface area contributed by atoms with Gasteiger partial charge in [-0.05, 0) is 28.0 Å². The third kappa shape index (κ3) is 2.89. The molecule has 0 N–H and O–H groups in total. The molecule has 1 nitrogen and oxygen atoms in total. The molecule has 0 aliphatic rings. The SMILES string of the molecule is C(=NCc1ccccc1)c1ccc2ccccc2c1. The summed E-state index contributed by atoms with van der Waals surface area (Å²) in [5.74, 6) is 0. The first-order valence-corrected chi connectivity index (χ1v) is 6.44. The standard InChI is InChI=1S/C18H15N/c1-2-6-15(7-3-1)13-19-14-16-10-11-17-8-4-5-9-18(17)12-16/h1-12,14H,13H2. The van der Waals surface area contributed by atoms with Crippen LogP contribution in [0.25, 0.3) is 10.8 Å². The van der Waals surface area contributed by atoms with Gasteiger partial charge < -0.3 is 0 Å². The van der Waals surface area contributed by atoms with E-state index in [1.165, 1.54) is 16.3 Å². The fourth-order valence-corrected chi connectivity index (χ4v) is 2.13. The molecule has 1 heteroatoms. The highest BCUT2D eigenvalue weighted by Gasteiger charge is 1.93. The van der Waals surface area contributed by atoms with E-state index in [1.54, 1.807) is 0 Å². The summed E-state index contributed by atoms with van der Waals surface area (Å²) >= 11 is 0. The molecule has 0 atom stereocenters. The van der Waals surface area contributed by atoms with Crippen LogP contribution in [-0.4, -0.2) is 6.21 Å². The first kappa shape index (κ1) is 11.7. The lowest BCUT2D eigenvalue weighted by Gasteiger charge is -1.99. The van der Waals surface area contributed by atoms with Gasteiger partial charge in [-0.25, -0.2) is 0 Å². The van der Waals surface area contributed by atoms with Crippen LogP contribution in [0.5, 0.6) is 0 Å². The second kappa shape index (κ2) is 5.49. The third-order valence-electron chi connectivity index (χ3n) is 3.13. The number of hydrogen-bond acceptors (Lipinski definition) is 1. The van der Waals surface area contributed by atoms with Crippen LogP contribution < -0.4 is 0 Å². The normalized spacial score (nSPS) is 11.2. The minimum absolute atomic E-state index is 0.730. The fraction of sp³-hybridized carbons (Fsp3) is 0.0556. The van der Waals surface area contributed by atoms with E-state index in [1.807, 2.05) is 24.4 Å². The second-order valence-corrected chi connectivity index (χ2v) is 4.56. The summed E-state index contributed by atoms with van der Waals surface area (Å²) < 4.78 is 0. The van der Waals surface area contributed by atoms with Gasteiger partial charge in [-0.2, -0.15) is 0 Å². The van der Waals surface area contributed by atoms with Crippen LogP contribution in [-0.2, 0) is 6.54 Å². The lowest BCUT2D eigenvalue weighted by atomic mass is 10.1. The summed E-state index contributed by atoms with van der Waals surface area (Å²) in [6, 6.07) is 25.1. The Bertz CT molecular complexity index is 699. The topological polar surface area (TPSA) is 12.4 Å². The van der Waals surface area contributed by atoms with Crippen molar-refractivity contribution in [2.24, 2.45) is 4.99 Å². The first-order chi connectivity index (χ1) is 9.42. The molecule has 0 radical (unpaired) electrons. The largest absolute Gasteiger partial charge is 0.288 e. The third-order valence-corrected chi connectivity index (χ3v) is 3.13. The maximum Gasteiger partial charge on any atom is 0.0639 e. The Morgan fingerprint density at radius 2 is 1.47 bits per heavy atom. The zero-order chi connectivity index (χ0) is 12.9. The van der Waals surface area contributed by atoms with Gasteiger partial charge >= 0.3 is 0 Å². The minimum atomic E-state index is 0.730. The Labute approximate surface area is 113 Å². The van der Waals surface area contributed by atoms with Crippen LogP contribution in [0, 0.1) is 0 Å². The number of fused-ring (bicyclic) bond motifs is 1. The number of aliphatic imine (C=N–C) groups is 1. The van der Waals surface area contributed by atoms with Gasteiger partial charge in [0.1, 0.15) is 0 Å². The molecule has 3 aromatic rings. The number of nitrogens with zero attached hydrogens (tertiary/aromatic N) is 1. The molecule has 0 spiro atoms. The van der Waals surface area contributed by atoms with Gasteiger partial charge in [-0.3, -0.25) is 4.99 Å². The van der Waals surface area contributed by atoms with E-state index < -0.39 is 0 Å². The maximum atomic E-state index is 4.49. The lowest BCUT2D eigenvalue weighted by molar-refractivity contribution is 1.08. The highest BCUT2D eigenvalue weighted by molar-refractivity contribution is 5.90. The molecule has 0 unspecified atom stereocenters. The van der Waals surface area contributed by atoms with Crippen molar-refractivity contribution >= 4 is 17.0 Å². The van der Waals surface area contributed by atoms with E-state index >= 15 is 0 Å². The number of hydrogen-bond donors (Lipinski definition) is 0.